The number of hydrogen-bond donors (Lipinski definition) is 2. The molecule has 1 aromatic heterocycles. The highest BCUT2D eigenvalue weighted by molar-refractivity contribution is 5.81. The van der Waals surface area contributed by atoms with Crippen LogP contribution in [-0.2, 0) is 0 Å². The maximum Gasteiger partial charge on any atom is 0.107 e. The molecule has 0 saturated carbocycles. The van der Waals surface area contributed by atoms with E-state index in [-0.39, 0.29) is 0 Å². The third-order valence-electron chi connectivity index (χ3n) is 2.77. The van der Waals surface area contributed by atoms with Crippen LogP contribution in [0, 0.1) is 0 Å². The van der Waals surface area contributed by atoms with Gasteiger partial charge in [-0.25, -0.2) is 0 Å². The van der Waals surface area contributed by atoms with Gasteiger partial charge in [-0.05, 0) is 12.5 Å². The van der Waals surface area contributed by atoms with E-state index in [1.165, 1.54) is 0 Å². The van der Waals surface area contributed by atoms with Crippen molar-refractivity contribution in [1.29, 1.82) is 0 Å². The Morgan fingerprint density at radius 2 is 1.94 bits per heavy atom. The number of aliphatic hydroxyl groups is 2. The number of hydrogen-bond acceptors (Lipinski definition) is 3. The molecule has 2 atom stereocenters. The molecule has 3 heteroatoms. The molecule has 0 fully saturated rings. The Morgan fingerprint density at radius 3 is 2.69 bits per heavy atom. The molecule has 0 aliphatic rings. The molecule has 0 saturated heterocycles. The summed E-state index contributed by atoms with van der Waals surface area (Å²) < 4.78 is 0. The lowest BCUT2D eigenvalue weighted by molar-refractivity contribution is 0.0172. The van der Waals surface area contributed by atoms with Crippen molar-refractivity contribution in [3.8, 4) is 0 Å². The van der Waals surface area contributed by atoms with Crippen molar-refractivity contribution in [2.45, 2.75) is 25.6 Å². The highest BCUT2D eigenvalue weighted by Crippen LogP contribution is 2.25. The van der Waals surface area contributed by atoms with Gasteiger partial charge in [0.1, 0.15) is 6.10 Å². The molecule has 2 N–H and O–H groups in total. The molecule has 2 unspecified atom stereocenters. The number of pyridine rings is 1. The second-order valence-corrected chi connectivity index (χ2v) is 3.84. The SMILES string of the molecule is CCC(O)C(O)c1cccc2cccnc12. The fourth-order valence-electron chi connectivity index (χ4n) is 1.80. The first kappa shape index (κ1) is 11.0. The minimum absolute atomic E-state index is 0.518. The maximum absolute atomic E-state index is 10.00. The third-order valence-corrected chi connectivity index (χ3v) is 2.77. The van der Waals surface area contributed by atoms with Crippen molar-refractivity contribution in [1.82, 2.24) is 4.98 Å². The zero-order valence-corrected chi connectivity index (χ0v) is 9.17. The van der Waals surface area contributed by atoms with Gasteiger partial charge in [-0.3, -0.25) is 4.98 Å². The van der Waals surface area contributed by atoms with Gasteiger partial charge in [0.15, 0.2) is 0 Å². The van der Waals surface area contributed by atoms with E-state index in [0.29, 0.717) is 12.0 Å². The summed E-state index contributed by atoms with van der Waals surface area (Å²) in [6.45, 7) is 1.84. The van der Waals surface area contributed by atoms with Crippen LogP contribution in [0.5, 0.6) is 0 Å². The van der Waals surface area contributed by atoms with Crippen LogP contribution in [0.4, 0.5) is 0 Å². The summed E-state index contributed by atoms with van der Waals surface area (Å²) in [5, 5.41) is 20.6. The number of nitrogens with zero attached hydrogens (tertiary/aromatic N) is 1. The Kier molecular flexibility index (Phi) is 3.17. The molecule has 0 aliphatic heterocycles. The Morgan fingerprint density at radius 1 is 1.19 bits per heavy atom. The lowest BCUT2D eigenvalue weighted by Gasteiger charge is -2.17. The molecule has 0 radical (unpaired) electrons. The molecule has 2 aromatic rings. The van der Waals surface area contributed by atoms with Gasteiger partial charge < -0.3 is 10.2 Å². The molecular formula is C13H15NO2. The Hall–Kier alpha value is -1.45. The molecule has 0 spiro atoms. The summed E-state index contributed by atoms with van der Waals surface area (Å²) in [6, 6.07) is 9.41. The normalized spacial score (nSPS) is 14.9. The summed E-state index contributed by atoms with van der Waals surface area (Å²) in [5.41, 5.74) is 1.44. The zero-order valence-electron chi connectivity index (χ0n) is 9.17. The molecule has 1 heterocycles. The second kappa shape index (κ2) is 4.60. The molecular weight excluding hydrogens is 202 g/mol. The van der Waals surface area contributed by atoms with E-state index >= 15 is 0 Å². The molecule has 0 aliphatic carbocycles. The first-order valence-corrected chi connectivity index (χ1v) is 5.43. The van der Waals surface area contributed by atoms with Gasteiger partial charge in [-0.2, -0.15) is 0 Å². The van der Waals surface area contributed by atoms with Crippen LogP contribution in [0.25, 0.3) is 10.9 Å². The lowest BCUT2D eigenvalue weighted by atomic mass is 10.00. The number of aliphatic hydroxyl groups excluding tert-OH is 2. The highest BCUT2D eigenvalue weighted by Gasteiger charge is 2.18. The topological polar surface area (TPSA) is 53.4 Å². The average Bonchev–Trinajstić information content (AvgIpc) is 2.36. The van der Waals surface area contributed by atoms with E-state index < -0.39 is 12.2 Å². The maximum atomic E-state index is 10.00. The molecule has 0 bridgehead atoms. The standard InChI is InChI=1S/C13H15NO2/c1-2-11(15)13(16)10-7-3-5-9-6-4-8-14-12(9)10/h3-8,11,13,15-16H,2H2,1H3. The van der Waals surface area contributed by atoms with Crippen LogP contribution < -0.4 is 0 Å². The first-order valence-electron chi connectivity index (χ1n) is 5.43. The molecule has 3 nitrogen and oxygen atoms in total. The molecule has 0 amide bonds. The van der Waals surface area contributed by atoms with Crippen LogP contribution in [0.2, 0.25) is 0 Å². The van der Waals surface area contributed by atoms with E-state index in [4.69, 9.17) is 0 Å². The fraction of sp³-hybridized carbons (Fsp3) is 0.308. The smallest absolute Gasteiger partial charge is 0.107 e. The summed E-state index contributed by atoms with van der Waals surface area (Å²) in [5.74, 6) is 0. The van der Waals surface area contributed by atoms with Crippen molar-refractivity contribution in [2.75, 3.05) is 0 Å². The lowest BCUT2D eigenvalue weighted by Crippen LogP contribution is -2.17. The number of rotatable bonds is 3. The van der Waals surface area contributed by atoms with Crippen molar-refractivity contribution in [3.05, 3.63) is 42.1 Å². The predicted molar refractivity (Wildman–Crippen MR) is 63.0 cm³/mol. The highest BCUT2D eigenvalue weighted by atomic mass is 16.3. The van der Waals surface area contributed by atoms with E-state index in [9.17, 15) is 10.2 Å². The quantitative estimate of drug-likeness (QED) is 0.827. The van der Waals surface area contributed by atoms with Crippen LogP contribution in [0.15, 0.2) is 36.5 Å². The molecule has 2 rings (SSSR count). The monoisotopic (exact) mass is 217 g/mol. The third kappa shape index (κ3) is 1.92. The van der Waals surface area contributed by atoms with Gasteiger partial charge in [0, 0.05) is 17.1 Å². The van der Waals surface area contributed by atoms with E-state index in [0.717, 1.165) is 10.9 Å². The van der Waals surface area contributed by atoms with Crippen LogP contribution in [-0.4, -0.2) is 21.3 Å². The zero-order chi connectivity index (χ0) is 11.5. The molecule has 1 aromatic carbocycles. The number of para-hydroxylation sites is 1. The van der Waals surface area contributed by atoms with Gasteiger partial charge in [-0.15, -0.1) is 0 Å². The van der Waals surface area contributed by atoms with Gasteiger partial charge in [0.05, 0.1) is 11.6 Å². The van der Waals surface area contributed by atoms with Crippen molar-refractivity contribution in [2.24, 2.45) is 0 Å². The van der Waals surface area contributed by atoms with Crippen LogP contribution in [0.3, 0.4) is 0 Å². The molecule has 16 heavy (non-hydrogen) atoms. The summed E-state index contributed by atoms with van der Waals surface area (Å²) in [7, 11) is 0. The summed E-state index contributed by atoms with van der Waals surface area (Å²) in [4.78, 5) is 4.25. The van der Waals surface area contributed by atoms with E-state index in [2.05, 4.69) is 4.98 Å². The number of benzene rings is 1. The van der Waals surface area contributed by atoms with Gasteiger partial charge in [-0.1, -0.05) is 31.2 Å². The van der Waals surface area contributed by atoms with E-state index in [1.54, 1.807) is 12.3 Å². The van der Waals surface area contributed by atoms with Gasteiger partial charge in [0.25, 0.3) is 0 Å². The van der Waals surface area contributed by atoms with Gasteiger partial charge >= 0.3 is 0 Å². The average molecular weight is 217 g/mol. The minimum Gasteiger partial charge on any atom is -0.390 e. The largest absolute Gasteiger partial charge is 0.390 e. The fourth-order valence-corrected chi connectivity index (χ4v) is 1.80. The van der Waals surface area contributed by atoms with Crippen LogP contribution >= 0.6 is 0 Å². The summed E-state index contributed by atoms with van der Waals surface area (Å²) in [6.07, 6.45) is 0.595. The minimum atomic E-state index is -0.872. The van der Waals surface area contributed by atoms with Crippen LogP contribution in [0.1, 0.15) is 25.0 Å². The molecule has 84 valence electrons. The Bertz CT molecular complexity index is 479. The van der Waals surface area contributed by atoms with Crippen molar-refractivity contribution < 1.29 is 10.2 Å². The second-order valence-electron chi connectivity index (χ2n) is 3.84. The van der Waals surface area contributed by atoms with Gasteiger partial charge in [0.2, 0.25) is 0 Å². The number of aromatic nitrogens is 1. The van der Waals surface area contributed by atoms with Crippen molar-refractivity contribution in [3.63, 3.8) is 0 Å². The summed E-state index contributed by atoms with van der Waals surface area (Å²) >= 11 is 0. The number of fused-ring (bicyclic) bond motifs is 1. The Labute approximate surface area is 94.4 Å². The van der Waals surface area contributed by atoms with E-state index in [1.807, 2.05) is 31.2 Å². The predicted octanol–water partition coefficient (Wildman–Crippen LogP) is 2.04. The van der Waals surface area contributed by atoms with Crippen molar-refractivity contribution >= 4 is 10.9 Å². The first-order chi connectivity index (χ1) is 7.74. The Balaban J connectivity index is 2.52.